The zero-order valence-electron chi connectivity index (χ0n) is 14.6. The largest absolute Gasteiger partial charge is 0.369 e. The maximum absolute atomic E-state index is 11.9. The number of piperazine rings is 1. The first-order valence-electron chi connectivity index (χ1n) is 8.99. The highest BCUT2D eigenvalue weighted by atomic mass is 16.2. The predicted molar refractivity (Wildman–Crippen MR) is 97.0 cm³/mol. The van der Waals surface area contributed by atoms with Crippen LogP contribution in [0.1, 0.15) is 6.42 Å². The van der Waals surface area contributed by atoms with Crippen molar-refractivity contribution in [1.82, 2.24) is 15.1 Å². The fourth-order valence-electron chi connectivity index (χ4n) is 3.90. The van der Waals surface area contributed by atoms with Crippen molar-refractivity contribution in [2.24, 2.45) is 0 Å². The third-order valence-corrected chi connectivity index (χ3v) is 5.46. The molecule has 3 fully saturated rings. The summed E-state index contributed by atoms with van der Waals surface area (Å²) in [6, 6.07) is 8.49. The molecule has 0 radical (unpaired) electrons. The Morgan fingerprint density at radius 2 is 1.56 bits per heavy atom. The lowest BCUT2D eigenvalue weighted by Crippen LogP contribution is -2.61. The van der Waals surface area contributed by atoms with Crippen molar-refractivity contribution in [3.63, 3.8) is 0 Å². The Morgan fingerprint density at radius 1 is 0.920 bits per heavy atom. The summed E-state index contributed by atoms with van der Waals surface area (Å²) in [5, 5.41) is 2.36. The first kappa shape index (κ1) is 16.4. The predicted octanol–water partition coefficient (Wildman–Crippen LogP) is 0.569. The van der Waals surface area contributed by atoms with E-state index in [0.717, 1.165) is 37.9 Å². The topological polar surface area (TPSA) is 59.1 Å². The molecule has 3 heterocycles. The summed E-state index contributed by atoms with van der Waals surface area (Å²) in [7, 11) is 2.17. The number of amides is 3. The molecule has 3 aliphatic rings. The molecular formula is C18H25N5O2. The van der Waals surface area contributed by atoms with Gasteiger partial charge in [-0.05, 0) is 31.3 Å². The number of hydrogen-bond acceptors (Lipinski definition) is 5. The molecule has 25 heavy (non-hydrogen) atoms. The lowest BCUT2D eigenvalue weighted by molar-refractivity contribution is -0.120. The maximum Gasteiger partial charge on any atom is 0.328 e. The fraction of sp³-hybridized carbons (Fsp3) is 0.556. The molecule has 0 atom stereocenters. The summed E-state index contributed by atoms with van der Waals surface area (Å²) in [5.41, 5.74) is 2.03. The molecule has 134 valence electrons. The van der Waals surface area contributed by atoms with E-state index < -0.39 is 0 Å². The van der Waals surface area contributed by atoms with E-state index in [9.17, 15) is 9.59 Å². The van der Waals surface area contributed by atoms with E-state index in [1.165, 1.54) is 18.8 Å². The van der Waals surface area contributed by atoms with Gasteiger partial charge in [0, 0.05) is 69.7 Å². The van der Waals surface area contributed by atoms with Gasteiger partial charge in [-0.1, -0.05) is 0 Å². The van der Waals surface area contributed by atoms with Crippen molar-refractivity contribution in [3.8, 4) is 0 Å². The number of imide groups is 1. The van der Waals surface area contributed by atoms with Gasteiger partial charge in [0.15, 0.2) is 0 Å². The number of nitrogens with zero attached hydrogens (tertiary/aromatic N) is 4. The standard InChI is InChI=1S/C18H25N5O2/c1-20-12-16(13-20)22-10-8-21(9-11-22)14-2-4-15(5-3-14)23-7-6-17(24)19-18(23)25/h2-5,16H,6-13H2,1H3,(H,19,24,25). The summed E-state index contributed by atoms with van der Waals surface area (Å²) < 4.78 is 0. The van der Waals surface area contributed by atoms with Crippen molar-refractivity contribution in [2.45, 2.75) is 12.5 Å². The molecule has 0 spiro atoms. The minimum atomic E-state index is -0.330. The van der Waals surface area contributed by atoms with Crippen LogP contribution >= 0.6 is 0 Å². The highest BCUT2D eigenvalue weighted by molar-refractivity contribution is 6.05. The van der Waals surface area contributed by atoms with Crippen LogP contribution in [-0.2, 0) is 4.79 Å². The normalized spacial score (nSPS) is 23.6. The van der Waals surface area contributed by atoms with Gasteiger partial charge in [-0.15, -0.1) is 0 Å². The molecule has 3 saturated heterocycles. The third kappa shape index (κ3) is 3.34. The van der Waals surface area contributed by atoms with Crippen LogP contribution in [-0.4, -0.2) is 80.6 Å². The Balaban J connectivity index is 1.35. The molecule has 0 bridgehead atoms. The second-order valence-electron chi connectivity index (χ2n) is 7.17. The van der Waals surface area contributed by atoms with E-state index in [1.54, 1.807) is 4.90 Å². The molecular weight excluding hydrogens is 318 g/mol. The Morgan fingerprint density at radius 3 is 2.16 bits per heavy atom. The van der Waals surface area contributed by atoms with Gasteiger partial charge in [0.1, 0.15) is 0 Å². The highest BCUT2D eigenvalue weighted by Gasteiger charge is 2.31. The molecule has 0 unspecified atom stereocenters. The molecule has 3 aliphatic heterocycles. The first-order chi connectivity index (χ1) is 12.1. The highest BCUT2D eigenvalue weighted by Crippen LogP contribution is 2.24. The summed E-state index contributed by atoms with van der Waals surface area (Å²) in [5.74, 6) is -0.201. The molecule has 0 saturated carbocycles. The lowest BCUT2D eigenvalue weighted by atomic mass is 10.1. The second kappa shape index (κ2) is 6.65. The minimum absolute atomic E-state index is 0.201. The van der Waals surface area contributed by atoms with Crippen molar-refractivity contribution in [1.29, 1.82) is 0 Å². The Kier molecular flexibility index (Phi) is 4.35. The van der Waals surface area contributed by atoms with Crippen LogP contribution in [0.4, 0.5) is 16.2 Å². The smallest absolute Gasteiger partial charge is 0.328 e. The number of likely N-dealkylation sites (N-methyl/N-ethyl adjacent to an activating group) is 1. The van der Waals surface area contributed by atoms with E-state index in [4.69, 9.17) is 0 Å². The van der Waals surface area contributed by atoms with Crippen LogP contribution < -0.4 is 15.1 Å². The van der Waals surface area contributed by atoms with Crippen LogP contribution in [0, 0.1) is 0 Å². The fourth-order valence-corrected chi connectivity index (χ4v) is 3.90. The van der Waals surface area contributed by atoms with Crippen LogP contribution in [0.15, 0.2) is 24.3 Å². The number of likely N-dealkylation sites (tertiary alicyclic amines) is 1. The monoisotopic (exact) mass is 343 g/mol. The zero-order valence-corrected chi connectivity index (χ0v) is 14.6. The van der Waals surface area contributed by atoms with E-state index in [1.807, 2.05) is 12.1 Å². The molecule has 7 heteroatoms. The van der Waals surface area contributed by atoms with E-state index in [-0.39, 0.29) is 11.9 Å². The Labute approximate surface area is 148 Å². The Bertz CT molecular complexity index is 648. The summed E-state index contributed by atoms with van der Waals surface area (Å²) in [4.78, 5) is 32.2. The number of rotatable bonds is 3. The molecule has 1 N–H and O–H groups in total. The number of urea groups is 1. The van der Waals surface area contributed by atoms with Gasteiger partial charge in [0.2, 0.25) is 5.91 Å². The average Bonchev–Trinajstić information content (AvgIpc) is 2.60. The van der Waals surface area contributed by atoms with Crippen molar-refractivity contribution in [3.05, 3.63) is 24.3 Å². The number of nitrogens with one attached hydrogen (secondary N) is 1. The van der Waals surface area contributed by atoms with Gasteiger partial charge in [-0.3, -0.25) is 19.9 Å². The number of anilines is 2. The van der Waals surface area contributed by atoms with Crippen LogP contribution in [0.2, 0.25) is 0 Å². The number of benzene rings is 1. The molecule has 0 aliphatic carbocycles. The van der Waals surface area contributed by atoms with Crippen LogP contribution in [0.25, 0.3) is 0 Å². The van der Waals surface area contributed by atoms with Gasteiger partial charge in [0.25, 0.3) is 0 Å². The van der Waals surface area contributed by atoms with Crippen LogP contribution in [0.5, 0.6) is 0 Å². The third-order valence-electron chi connectivity index (χ3n) is 5.46. The van der Waals surface area contributed by atoms with Crippen molar-refractivity contribution < 1.29 is 9.59 Å². The van der Waals surface area contributed by atoms with Gasteiger partial charge < -0.3 is 9.80 Å². The van der Waals surface area contributed by atoms with Gasteiger partial charge in [0.05, 0.1) is 0 Å². The quantitative estimate of drug-likeness (QED) is 0.870. The van der Waals surface area contributed by atoms with E-state index >= 15 is 0 Å². The summed E-state index contributed by atoms with van der Waals surface area (Å²) in [6.45, 7) is 7.12. The van der Waals surface area contributed by atoms with Crippen molar-refractivity contribution >= 4 is 23.3 Å². The Hall–Kier alpha value is -2.12. The minimum Gasteiger partial charge on any atom is -0.369 e. The summed E-state index contributed by atoms with van der Waals surface area (Å²) in [6.07, 6.45) is 0.353. The van der Waals surface area contributed by atoms with Gasteiger partial charge >= 0.3 is 6.03 Å². The number of hydrogen-bond donors (Lipinski definition) is 1. The average molecular weight is 343 g/mol. The van der Waals surface area contributed by atoms with E-state index in [2.05, 4.69) is 39.2 Å². The lowest BCUT2D eigenvalue weighted by Gasteiger charge is -2.47. The van der Waals surface area contributed by atoms with Gasteiger partial charge in [-0.2, -0.15) is 0 Å². The van der Waals surface area contributed by atoms with Crippen molar-refractivity contribution in [2.75, 3.05) is 62.7 Å². The van der Waals surface area contributed by atoms with Gasteiger partial charge in [-0.25, -0.2) is 4.79 Å². The second-order valence-corrected chi connectivity index (χ2v) is 7.17. The number of carbonyl (C=O) groups is 2. The molecule has 3 amide bonds. The number of carbonyl (C=O) groups excluding carboxylic acids is 2. The molecule has 1 aromatic carbocycles. The summed E-state index contributed by atoms with van der Waals surface area (Å²) >= 11 is 0. The first-order valence-corrected chi connectivity index (χ1v) is 8.99. The molecule has 4 rings (SSSR count). The maximum atomic E-state index is 11.9. The zero-order chi connectivity index (χ0) is 17.4. The molecule has 1 aromatic rings. The molecule has 0 aromatic heterocycles. The van der Waals surface area contributed by atoms with E-state index in [0.29, 0.717) is 13.0 Å². The molecule has 7 nitrogen and oxygen atoms in total. The van der Waals surface area contributed by atoms with Crippen LogP contribution in [0.3, 0.4) is 0 Å². The SMILES string of the molecule is CN1CC(N2CCN(c3ccc(N4CCC(=O)NC4=O)cc3)CC2)C1.